The first kappa shape index (κ1) is 17.8. The molecule has 0 radical (unpaired) electrons. The SMILES string of the molecule is CSc1ccc(CN2CCC(C(=O)N3CCC[C@H](C)C3)CC2)cc1. The number of piperidine rings is 2. The Morgan fingerprint density at radius 3 is 2.46 bits per heavy atom. The first-order valence-corrected chi connectivity index (χ1v) is 10.5. The van der Waals surface area contributed by atoms with Crippen LogP contribution in [0.1, 0.15) is 38.2 Å². The lowest BCUT2D eigenvalue weighted by Crippen LogP contribution is -2.45. The summed E-state index contributed by atoms with van der Waals surface area (Å²) >= 11 is 1.78. The fraction of sp³-hybridized carbons (Fsp3) is 0.650. The number of nitrogens with zero attached hydrogens (tertiary/aromatic N) is 2. The van der Waals surface area contributed by atoms with E-state index >= 15 is 0 Å². The van der Waals surface area contributed by atoms with Gasteiger partial charge in [-0.2, -0.15) is 0 Å². The van der Waals surface area contributed by atoms with Gasteiger partial charge in [0.2, 0.25) is 5.91 Å². The highest BCUT2D eigenvalue weighted by molar-refractivity contribution is 7.98. The Morgan fingerprint density at radius 1 is 1.12 bits per heavy atom. The molecule has 24 heavy (non-hydrogen) atoms. The van der Waals surface area contributed by atoms with Crippen LogP contribution in [0.4, 0.5) is 0 Å². The van der Waals surface area contributed by atoms with Crippen LogP contribution in [-0.4, -0.2) is 48.1 Å². The summed E-state index contributed by atoms with van der Waals surface area (Å²) in [7, 11) is 0. The fourth-order valence-electron chi connectivity index (χ4n) is 3.97. The third kappa shape index (κ3) is 4.54. The second-order valence-electron chi connectivity index (χ2n) is 7.43. The Morgan fingerprint density at radius 2 is 1.83 bits per heavy atom. The number of likely N-dealkylation sites (tertiary alicyclic amines) is 2. The van der Waals surface area contributed by atoms with Gasteiger partial charge in [0.1, 0.15) is 0 Å². The van der Waals surface area contributed by atoms with Crippen LogP contribution in [-0.2, 0) is 11.3 Å². The summed E-state index contributed by atoms with van der Waals surface area (Å²) in [6.45, 7) is 7.32. The topological polar surface area (TPSA) is 23.6 Å². The van der Waals surface area contributed by atoms with Crippen LogP contribution in [0.2, 0.25) is 0 Å². The Bertz CT molecular complexity index is 537. The maximum Gasteiger partial charge on any atom is 0.225 e. The molecule has 0 saturated carbocycles. The highest BCUT2D eigenvalue weighted by Gasteiger charge is 2.30. The van der Waals surface area contributed by atoms with E-state index in [1.807, 2.05) is 0 Å². The van der Waals surface area contributed by atoms with Gasteiger partial charge >= 0.3 is 0 Å². The molecule has 2 aliphatic heterocycles. The van der Waals surface area contributed by atoms with Crippen molar-refractivity contribution in [2.24, 2.45) is 11.8 Å². The van der Waals surface area contributed by atoms with Gasteiger partial charge in [0.25, 0.3) is 0 Å². The minimum absolute atomic E-state index is 0.255. The minimum Gasteiger partial charge on any atom is -0.342 e. The van der Waals surface area contributed by atoms with Crippen LogP contribution in [0.25, 0.3) is 0 Å². The van der Waals surface area contributed by atoms with E-state index in [-0.39, 0.29) is 5.92 Å². The second kappa shape index (κ2) is 8.39. The zero-order valence-corrected chi connectivity index (χ0v) is 15.9. The highest BCUT2D eigenvalue weighted by atomic mass is 32.2. The number of thioether (sulfide) groups is 1. The van der Waals surface area contributed by atoms with Gasteiger partial charge in [-0.15, -0.1) is 11.8 Å². The standard InChI is InChI=1S/C20H30N2OS/c1-16-4-3-11-22(14-16)20(23)18-9-12-21(13-10-18)15-17-5-7-19(24-2)8-6-17/h5-8,16,18H,3-4,9-15H2,1-2H3/t16-/m0/s1. The van der Waals surface area contributed by atoms with Crippen LogP contribution < -0.4 is 0 Å². The van der Waals surface area contributed by atoms with E-state index < -0.39 is 0 Å². The minimum atomic E-state index is 0.255. The quantitative estimate of drug-likeness (QED) is 0.773. The molecule has 0 aliphatic carbocycles. The molecule has 2 aliphatic rings. The third-order valence-corrected chi connectivity index (χ3v) is 6.21. The number of benzene rings is 1. The van der Waals surface area contributed by atoms with E-state index in [0.717, 1.165) is 45.6 Å². The van der Waals surface area contributed by atoms with E-state index in [0.29, 0.717) is 11.8 Å². The van der Waals surface area contributed by atoms with E-state index in [9.17, 15) is 4.79 Å². The average molecular weight is 347 g/mol. The fourth-order valence-corrected chi connectivity index (χ4v) is 4.38. The average Bonchev–Trinajstić information content (AvgIpc) is 2.62. The highest BCUT2D eigenvalue weighted by Crippen LogP contribution is 2.24. The van der Waals surface area contributed by atoms with Gasteiger partial charge in [-0.3, -0.25) is 9.69 Å². The largest absolute Gasteiger partial charge is 0.342 e. The zero-order chi connectivity index (χ0) is 16.9. The molecule has 1 amide bonds. The maximum atomic E-state index is 12.7. The van der Waals surface area contributed by atoms with Crippen molar-refractivity contribution in [3.05, 3.63) is 29.8 Å². The molecule has 2 saturated heterocycles. The maximum absolute atomic E-state index is 12.7. The van der Waals surface area contributed by atoms with Gasteiger partial charge in [-0.1, -0.05) is 19.1 Å². The number of carbonyl (C=O) groups excluding carboxylic acids is 1. The van der Waals surface area contributed by atoms with Gasteiger partial charge in [-0.25, -0.2) is 0 Å². The summed E-state index contributed by atoms with van der Waals surface area (Å²) in [5.41, 5.74) is 1.38. The van der Waals surface area contributed by atoms with Gasteiger partial charge in [0.05, 0.1) is 0 Å². The molecule has 0 unspecified atom stereocenters. The summed E-state index contributed by atoms with van der Waals surface area (Å²) in [5.74, 6) is 1.35. The summed E-state index contributed by atoms with van der Waals surface area (Å²) < 4.78 is 0. The lowest BCUT2D eigenvalue weighted by molar-refractivity contribution is -0.138. The monoisotopic (exact) mass is 346 g/mol. The van der Waals surface area contributed by atoms with Crippen molar-refractivity contribution in [3.63, 3.8) is 0 Å². The third-order valence-electron chi connectivity index (χ3n) is 5.47. The predicted molar refractivity (Wildman–Crippen MR) is 101 cm³/mol. The van der Waals surface area contributed by atoms with Crippen molar-refractivity contribution in [1.29, 1.82) is 0 Å². The normalized spacial score (nSPS) is 23.4. The molecule has 0 bridgehead atoms. The molecular formula is C20H30N2OS. The summed E-state index contributed by atoms with van der Waals surface area (Å²) in [6, 6.07) is 8.87. The lowest BCUT2D eigenvalue weighted by Gasteiger charge is -2.37. The van der Waals surface area contributed by atoms with Crippen molar-refractivity contribution in [2.75, 3.05) is 32.4 Å². The number of hydrogen-bond acceptors (Lipinski definition) is 3. The first-order chi connectivity index (χ1) is 11.7. The van der Waals surface area contributed by atoms with E-state index in [1.54, 1.807) is 11.8 Å². The van der Waals surface area contributed by atoms with Gasteiger partial charge in [0, 0.05) is 30.4 Å². The van der Waals surface area contributed by atoms with Crippen LogP contribution in [0.3, 0.4) is 0 Å². The molecule has 0 aromatic heterocycles. The molecule has 2 fully saturated rings. The Balaban J connectivity index is 1.47. The van der Waals surface area contributed by atoms with Gasteiger partial charge in [0.15, 0.2) is 0 Å². The summed E-state index contributed by atoms with van der Waals surface area (Å²) in [6.07, 6.45) is 6.61. The zero-order valence-electron chi connectivity index (χ0n) is 15.0. The molecule has 1 atom stereocenters. The molecule has 4 heteroatoms. The number of carbonyl (C=O) groups is 1. The Labute approximate surface area is 150 Å². The molecule has 2 heterocycles. The molecule has 3 rings (SSSR count). The van der Waals surface area contributed by atoms with Crippen molar-refractivity contribution in [1.82, 2.24) is 9.80 Å². The number of hydrogen-bond donors (Lipinski definition) is 0. The van der Waals surface area contributed by atoms with Gasteiger partial charge < -0.3 is 4.90 Å². The van der Waals surface area contributed by atoms with Gasteiger partial charge in [-0.05, 0) is 68.6 Å². The molecular weight excluding hydrogens is 316 g/mol. The predicted octanol–water partition coefficient (Wildman–Crippen LogP) is 3.88. The molecule has 0 N–H and O–H groups in total. The van der Waals surface area contributed by atoms with Crippen LogP contribution in [0, 0.1) is 11.8 Å². The van der Waals surface area contributed by atoms with Crippen LogP contribution in [0.5, 0.6) is 0 Å². The Hall–Kier alpha value is -1.00. The summed E-state index contributed by atoms with van der Waals surface area (Å²) in [5, 5.41) is 0. The van der Waals surface area contributed by atoms with Crippen molar-refractivity contribution in [3.8, 4) is 0 Å². The first-order valence-electron chi connectivity index (χ1n) is 9.30. The molecule has 132 valence electrons. The molecule has 0 spiro atoms. The smallest absolute Gasteiger partial charge is 0.225 e. The number of rotatable bonds is 4. The van der Waals surface area contributed by atoms with Crippen LogP contribution >= 0.6 is 11.8 Å². The van der Waals surface area contributed by atoms with Crippen LogP contribution in [0.15, 0.2) is 29.2 Å². The lowest BCUT2D eigenvalue weighted by atomic mass is 9.92. The Kier molecular flexibility index (Phi) is 6.23. The summed E-state index contributed by atoms with van der Waals surface area (Å²) in [4.78, 5) is 18.7. The molecule has 1 aromatic rings. The second-order valence-corrected chi connectivity index (χ2v) is 8.31. The molecule has 1 aromatic carbocycles. The van der Waals surface area contributed by atoms with E-state index in [4.69, 9.17) is 0 Å². The number of amides is 1. The van der Waals surface area contributed by atoms with Crippen molar-refractivity contribution >= 4 is 17.7 Å². The van der Waals surface area contributed by atoms with Crippen molar-refractivity contribution in [2.45, 2.75) is 44.0 Å². The van der Waals surface area contributed by atoms with Crippen molar-refractivity contribution < 1.29 is 4.79 Å². The van der Waals surface area contributed by atoms with E-state index in [1.165, 1.54) is 23.3 Å². The van der Waals surface area contributed by atoms with E-state index in [2.05, 4.69) is 47.2 Å². The molecule has 3 nitrogen and oxygen atoms in total.